The van der Waals surface area contributed by atoms with Gasteiger partial charge in [-0.3, -0.25) is 9.78 Å². The quantitative estimate of drug-likeness (QED) is 0.469. The zero-order valence-electron chi connectivity index (χ0n) is 19.2. The number of methoxy groups -OCH3 is 1. The molecule has 0 saturated heterocycles. The van der Waals surface area contributed by atoms with E-state index in [1.165, 1.54) is 13.3 Å². The summed E-state index contributed by atoms with van der Waals surface area (Å²) in [5.41, 5.74) is 1.25. The lowest BCUT2D eigenvalue weighted by Gasteiger charge is -2.34. The number of fused-ring (bicyclic) bond motifs is 1. The molecule has 1 atom stereocenters. The van der Waals surface area contributed by atoms with Crippen LogP contribution in [0, 0.1) is 5.92 Å². The van der Waals surface area contributed by atoms with Crippen molar-refractivity contribution in [1.29, 1.82) is 0 Å². The van der Waals surface area contributed by atoms with Gasteiger partial charge >= 0.3 is 6.18 Å². The van der Waals surface area contributed by atoms with Crippen LogP contribution < -0.4 is 10.1 Å². The Balaban J connectivity index is 1.42. The molecule has 0 aliphatic heterocycles. The van der Waals surface area contributed by atoms with E-state index >= 15 is 0 Å². The van der Waals surface area contributed by atoms with Crippen LogP contribution >= 0.6 is 0 Å². The molecule has 1 saturated carbocycles. The number of hydrogen-bond donors (Lipinski definition) is 1. The SMILES string of the molecule is CC[C@H](NC(=O)c1ccc(OC)nc1)C1CCC(c2ccnc3cc(C(F)(F)F)ccc23)CC1. The third-order valence-electron chi connectivity index (χ3n) is 6.85. The molecule has 1 aliphatic carbocycles. The Labute approximate surface area is 196 Å². The third kappa shape index (κ3) is 5.16. The first-order valence-corrected chi connectivity index (χ1v) is 11.6. The number of hydrogen-bond acceptors (Lipinski definition) is 4. The topological polar surface area (TPSA) is 64.1 Å². The van der Waals surface area contributed by atoms with E-state index in [1.54, 1.807) is 24.4 Å². The molecule has 34 heavy (non-hydrogen) atoms. The molecule has 2 heterocycles. The summed E-state index contributed by atoms with van der Waals surface area (Å²) in [7, 11) is 1.53. The second kappa shape index (κ2) is 9.99. The molecule has 0 spiro atoms. The number of carbonyl (C=O) groups excluding carboxylic acids is 1. The number of carbonyl (C=O) groups is 1. The van der Waals surface area contributed by atoms with Crippen LogP contribution in [0.4, 0.5) is 13.2 Å². The largest absolute Gasteiger partial charge is 0.481 e. The average Bonchev–Trinajstić information content (AvgIpc) is 2.86. The molecule has 0 bridgehead atoms. The molecule has 8 heteroatoms. The summed E-state index contributed by atoms with van der Waals surface area (Å²) in [6.45, 7) is 2.07. The molecule has 5 nitrogen and oxygen atoms in total. The molecular weight excluding hydrogens is 443 g/mol. The van der Waals surface area contributed by atoms with E-state index < -0.39 is 11.7 Å². The molecule has 1 aliphatic rings. The van der Waals surface area contributed by atoms with E-state index in [-0.39, 0.29) is 17.9 Å². The number of ether oxygens (including phenoxy) is 1. The van der Waals surface area contributed by atoms with E-state index in [0.29, 0.717) is 22.9 Å². The average molecular weight is 472 g/mol. The van der Waals surface area contributed by atoms with Crippen molar-refractivity contribution < 1.29 is 22.7 Å². The van der Waals surface area contributed by atoms with Gasteiger partial charge in [0.1, 0.15) is 0 Å². The first kappa shape index (κ1) is 24.0. The zero-order chi connectivity index (χ0) is 24.3. The van der Waals surface area contributed by atoms with Crippen LogP contribution in [-0.4, -0.2) is 29.0 Å². The molecule has 180 valence electrons. The van der Waals surface area contributed by atoms with E-state index in [2.05, 4.69) is 22.2 Å². The summed E-state index contributed by atoms with van der Waals surface area (Å²) in [5.74, 6) is 0.920. The molecule has 0 unspecified atom stereocenters. The van der Waals surface area contributed by atoms with Gasteiger partial charge in [0, 0.05) is 29.9 Å². The fourth-order valence-corrected chi connectivity index (χ4v) is 4.98. The number of halogens is 3. The van der Waals surface area contributed by atoms with Crippen LogP contribution in [0.1, 0.15) is 66.4 Å². The minimum Gasteiger partial charge on any atom is -0.481 e. The van der Waals surface area contributed by atoms with Crippen LogP contribution in [0.3, 0.4) is 0 Å². The number of amides is 1. The van der Waals surface area contributed by atoms with Crippen molar-refractivity contribution in [2.24, 2.45) is 5.92 Å². The van der Waals surface area contributed by atoms with Gasteiger partial charge in [0.25, 0.3) is 5.91 Å². The lowest BCUT2D eigenvalue weighted by Crippen LogP contribution is -2.41. The maximum absolute atomic E-state index is 13.1. The predicted octanol–water partition coefficient (Wildman–Crippen LogP) is 6.14. The van der Waals surface area contributed by atoms with E-state index in [9.17, 15) is 18.0 Å². The number of benzene rings is 1. The summed E-state index contributed by atoms with van der Waals surface area (Å²) in [5, 5.41) is 3.94. The Morgan fingerprint density at radius 3 is 2.50 bits per heavy atom. The monoisotopic (exact) mass is 471 g/mol. The van der Waals surface area contributed by atoms with Gasteiger partial charge in [-0.1, -0.05) is 13.0 Å². The zero-order valence-corrected chi connectivity index (χ0v) is 19.2. The van der Waals surface area contributed by atoms with Gasteiger partial charge in [-0.2, -0.15) is 13.2 Å². The van der Waals surface area contributed by atoms with Gasteiger partial charge in [0.15, 0.2) is 0 Å². The Morgan fingerprint density at radius 2 is 1.88 bits per heavy atom. The molecule has 1 fully saturated rings. The standard InChI is InChI=1S/C26H28F3N3O2/c1-3-22(32-25(33)18-8-11-24(34-2)31-15-18)17-6-4-16(5-7-17)20-12-13-30-23-14-19(26(27,28)29)9-10-21(20)23/h8-17,22H,3-7H2,1-2H3,(H,32,33)/t16?,17?,22-/m0/s1. The van der Waals surface area contributed by atoms with Crippen molar-refractivity contribution in [2.45, 2.75) is 57.2 Å². The maximum Gasteiger partial charge on any atom is 0.416 e. The van der Waals surface area contributed by atoms with Crippen molar-refractivity contribution in [3.63, 3.8) is 0 Å². The van der Waals surface area contributed by atoms with Crippen LogP contribution in [0.25, 0.3) is 10.9 Å². The molecule has 0 radical (unpaired) electrons. The molecular formula is C26H28F3N3O2. The van der Waals surface area contributed by atoms with Crippen molar-refractivity contribution >= 4 is 16.8 Å². The first-order chi connectivity index (χ1) is 16.3. The fourth-order valence-electron chi connectivity index (χ4n) is 4.98. The van der Waals surface area contributed by atoms with E-state index in [4.69, 9.17) is 4.74 Å². The third-order valence-corrected chi connectivity index (χ3v) is 6.85. The number of nitrogens with one attached hydrogen (secondary N) is 1. The molecule has 2 aromatic heterocycles. The summed E-state index contributed by atoms with van der Waals surface area (Å²) in [4.78, 5) is 21.0. The van der Waals surface area contributed by atoms with Gasteiger partial charge in [-0.25, -0.2) is 4.98 Å². The van der Waals surface area contributed by atoms with Crippen molar-refractivity contribution in [2.75, 3.05) is 7.11 Å². The van der Waals surface area contributed by atoms with Gasteiger partial charge in [0.05, 0.1) is 23.8 Å². The molecule has 1 aromatic carbocycles. The summed E-state index contributed by atoms with van der Waals surface area (Å²) < 4.78 is 44.3. The van der Waals surface area contributed by atoms with E-state index in [1.807, 2.05) is 6.07 Å². The summed E-state index contributed by atoms with van der Waals surface area (Å²) in [6, 6.07) is 9.15. The summed E-state index contributed by atoms with van der Waals surface area (Å²) >= 11 is 0. The number of nitrogens with zero attached hydrogens (tertiary/aromatic N) is 2. The van der Waals surface area contributed by atoms with Crippen LogP contribution in [-0.2, 0) is 6.18 Å². The Hall–Kier alpha value is -3.16. The van der Waals surface area contributed by atoms with Gasteiger partial charge in [-0.15, -0.1) is 0 Å². The van der Waals surface area contributed by atoms with Crippen molar-refractivity contribution in [3.8, 4) is 5.88 Å². The van der Waals surface area contributed by atoms with Gasteiger partial charge in [0.2, 0.25) is 5.88 Å². The minimum atomic E-state index is -4.38. The lowest BCUT2D eigenvalue weighted by atomic mass is 9.75. The van der Waals surface area contributed by atoms with Gasteiger partial charge in [-0.05, 0) is 73.8 Å². The van der Waals surface area contributed by atoms with Crippen LogP contribution in [0.5, 0.6) is 5.88 Å². The minimum absolute atomic E-state index is 0.0547. The van der Waals surface area contributed by atoms with E-state index in [0.717, 1.165) is 55.2 Å². The number of pyridine rings is 2. The highest BCUT2D eigenvalue weighted by molar-refractivity contribution is 5.94. The Morgan fingerprint density at radius 1 is 1.12 bits per heavy atom. The highest BCUT2D eigenvalue weighted by Gasteiger charge is 2.32. The Bertz CT molecular complexity index is 1140. The van der Waals surface area contributed by atoms with Gasteiger partial charge < -0.3 is 10.1 Å². The van der Waals surface area contributed by atoms with Crippen LogP contribution in [0.15, 0.2) is 48.8 Å². The van der Waals surface area contributed by atoms with Crippen molar-refractivity contribution in [1.82, 2.24) is 15.3 Å². The number of alkyl halides is 3. The number of aromatic nitrogens is 2. The second-order valence-electron chi connectivity index (χ2n) is 8.82. The number of rotatable bonds is 6. The summed E-state index contributed by atoms with van der Waals surface area (Å²) in [6.07, 6.45) is 3.26. The Kier molecular flexibility index (Phi) is 7.05. The van der Waals surface area contributed by atoms with Crippen molar-refractivity contribution in [3.05, 3.63) is 65.5 Å². The molecule has 1 amide bonds. The molecule has 4 rings (SSSR count). The predicted molar refractivity (Wildman–Crippen MR) is 124 cm³/mol. The highest BCUT2D eigenvalue weighted by Crippen LogP contribution is 2.40. The second-order valence-corrected chi connectivity index (χ2v) is 8.82. The first-order valence-electron chi connectivity index (χ1n) is 11.6. The highest BCUT2D eigenvalue weighted by atomic mass is 19.4. The molecule has 3 aromatic rings. The maximum atomic E-state index is 13.1. The fraction of sp³-hybridized carbons (Fsp3) is 0.423. The lowest BCUT2D eigenvalue weighted by molar-refractivity contribution is -0.137. The van der Waals surface area contributed by atoms with Crippen LogP contribution in [0.2, 0.25) is 0 Å². The normalized spacial score (nSPS) is 19.6. The molecule has 1 N–H and O–H groups in total. The smallest absolute Gasteiger partial charge is 0.416 e.